The molecule has 0 radical (unpaired) electrons. The van der Waals surface area contributed by atoms with E-state index >= 15 is 0 Å². The Morgan fingerprint density at radius 2 is 0.792 bits per heavy atom. The fourth-order valence-electron chi connectivity index (χ4n) is 9.35. The van der Waals surface area contributed by atoms with E-state index in [0.717, 1.165) is 77.0 Å². The van der Waals surface area contributed by atoms with Crippen LogP contribution in [0.4, 0.5) is 0 Å². The molecular weight excluding hydrogens is 976 g/mol. The van der Waals surface area contributed by atoms with Crippen molar-refractivity contribution in [3.63, 3.8) is 0 Å². The highest BCUT2D eigenvalue weighted by molar-refractivity contribution is 7.45. The molecule has 1 amide bonds. The summed E-state index contributed by atoms with van der Waals surface area (Å²) in [6, 6.07) is -0.900. The van der Waals surface area contributed by atoms with Crippen LogP contribution < -0.4 is 10.2 Å². The van der Waals surface area contributed by atoms with E-state index in [0.29, 0.717) is 23.9 Å². The monoisotopic (exact) mass is 1100 g/mol. The summed E-state index contributed by atoms with van der Waals surface area (Å²) in [5.41, 5.74) is 0. The van der Waals surface area contributed by atoms with Crippen molar-refractivity contribution in [2.24, 2.45) is 0 Å². The first-order valence-electron chi connectivity index (χ1n) is 32.6. The molecular formula is C67H125N2O7P. The summed E-state index contributed by atoms with van der Waals surface area (Å²) >= 11 is 0. The van der Waals surface area contributed by atoms with Crippen LogP contribution in [0.5, 0.6) is 0 Å². The number of phosphoric acid groups is 1. The Morgan fingerprint density at radius 1 is 0.455 bits per heavy atom. The summed E-state index contributed by atoms with van der Waals surface area (Å²) in [4.78, 5) is 40.0. The Hall–Kier alpha value is -2.29. The van der Waals surface area contributed by atoms with Crippen LogP contribution in [-0.2, 0) is 27.9 Å². The zero-order valence-electron chi connectivity index (χ0n) is 51.4. The number of unbranched alkanes of at least 4 members (excludes halogenated alkanes) is 35. The predicted molar refractivity (Wildman–Crippen MR) is 330 cm³/mol. The molecule has 3 atom stereocenters. The Bertz CT molecular complexity index is 1500. The van der Waals surface area contributed by atoms with Crippen molar-refractivity contribution in [2.75, 3.05) is 40.9 Å². The molecule has 0 aromatic rings. The molecule has 0 spiro atoms. The van der Waals surface area contributed by atoms with E-state index in [2.05, 4.69) is 74.7 Å². The topological polar surface area (TPSA) is 114 Å². The molecule has 0 heterocycles. The minimum atomic E-state index is -4.70. The number of quaternary nitrogens is 1. The van der Waals surface area contributed by atoms with Crippen LogP contribution in [0.15, 0.2) is 60.8 Å². The number of carbonyl (C=O) groups excluding carboxylic acids is 2. The molecule has 450 valence electrons. The molecule has 3 unspecified atom stereocenters. The van der Waals surface area contributed by atoms with Crippen molar-refractivity contribution >= 4 is 19.7 Å². The van der Waals surface area contributed by atoms with Gasteiger partial charge in [0.2, 0.25) is 5.91 Å². The molecule has 0 aromatic heterocycles. The lowest BCUT2D eigenvalue weighted by molar-refractivity contribution is -0.870. The van der Waals surface area contributed by atoms with Crippen LogP contribution in [-0.4, -0.2) is 69.4 Å². The maximum Gasteiger partial charge on any atom is 0.306 e. The summed E-state index contributed by atoms with van der Waals surface area (Å²) in [5, 5.41) is 3.02. The zero-order chi connectivity index (χ0) is 56.4. The van der Waals surface area contributed by atoms with Crippen LogP contribution in [0.2, 0.25) is 0 Å². The number of phosphoric ester groups is 1. The fraction of sp³-hybridized carbons (Fsp3) is 0.821. The molecule has 0 aromatic carbocycles. The zero-order valence-corrected chi connectivity index (χ0v) is 52.3. The lowest BCUT2D eigenvalue weighted by Crippen LogP contribution is -2.47. The van der Waals surface area contributed by atoms with Gasteiger partial charge in [-0.3, -0.25) is 14.2 Å². The summed E-state index contributed by atoms with van der Waals surface area (Å²) in [6.45, 7) is 6.81. The average Bonchev–Trinajstić information content (AvgIpc) is 3.39. The number of hydrogen-bond acceptors (Lipinski definition) is 7. The van der Waals surface area contributed by atoms with Gasteiger partial charge in [-0.1, -0.05) is 255 Å². The van der Waals surface area contributed by atoms with Crippen LogP contribution >= 0.6 is 7.82 Å². The van der Waals surface area contributed by atoms with Gasteiger partial charge in [0.1, 0.15) is 19.3 Å². The van der Waals surface area contributed by atoms with E-state index in [1.165, 1.54) is 186 Å². The summed E-state index contributed by atoms with van der Waals surface area (Å²) in [5.74, 6) is -0.560. The summed E-state index contributed by atoms with van der Waals surface area (Å²) in [7, 11) is 1.17. The van der Waals surface area contributed by atoms with E-state index in [1.54, 1.807) is 0 Å². The molecule has 0 aliphatic carbocycles. The quantitative estimate of drug-likeness (QED) is 0.0212. The number of hydrogen-bond donors (Lipinski definition) is 1. The predicted octanol–water partition coefficient (Wildman–Crippen LogP) is 19.6. The van der Waals surface area contributed by atoms with Crippen molar-refractivity contribution in [2.45, 2.75) is 315 Å². The number of ether oxygens (including phenoxy) is 1. The number of rotatable bonds is 59. The van der Waals surface area contributed by atoms with Gasteiger partial charge in [0, 0.05) is 12.8 Å². The molecule has 0 aliphatic rings. The molecule has 0 saturated carbocycles. The molecule has 9 nitrogen and oxygen atoms in total. The molecule has 0 bridgehead atoms. The van der Waals surface area contributed by atoms with E-state index < -0.39 is 26.6 Å². The average molecular weight is 1100 g/mol. The van der Waals surface area contributed by atoms with Crippen molar-refractivity contribution in [3.8, 4) is 0 Å². The Kier molecular flexibility index (Phi) is 55.3. The molecule has 77 heavy (non-hydrogen) atoms. The standard InChI is InChI=1S/C67H125N2O7P/c1-7-10-13-16-19-22-25-27-29-31-32-33-34-35-36-38-40-42-45-48-51-54-57-60-67(71)76-65(58-55-52-49-46-43-24-21-18-15-12-9-3)64(63-75-77(72,73)74-62-61-69(4,5)6)68-66(70)59-56-53-50-47-44-41-39-37-30-28-26-23-20-17-14-11-8-2/h20,23,27-30,39,41,55,58,64-65H,7-19,21-22,24-26,31-38,40,42-54,56-57,59-63H2,1-6H3,(H-,68,70,72,73)/b23-20-,29-27+,30-28-,41-39-,58-55-. The van der Waals surface area contributed by atoms with Gasteiger partial charge in [-0.15, -0.1) is 0 Å². The molecule has 0 rings (SSSR count). The summed E-state index contributed by atoms with van der Waals surface area (Å²) in [6.07, 6.45) is 71.9. The third-order valence-electron chi connectivity index (χ3n) is 14.4. The number of nitrogens with zero attached hydrogens (tertiary/aromatic N) is 1. The molecule has 1 N–H and O–H groups in total. The van der Waals surface area contributed by atoms with Crippen molar-refractivity contribution in [3.05, 3.63) is 60.8 Å². The smallest absolute Gasteiger partial charge is 0.306 e. The Balaban J connectivity index is 5.14. The van der Waals surface area contributed by atoms with Crippen LogP contribution in [0, 0.1) is 0 Å². The minimum absolute atomic E-state index is 0.0274. The third kappa shape index (κ3) is 58.2. The Morgan fingerprint density at radius 3 is 1.22 bits per heavy atom. The van der Waals surface area contributed by atoms with Crippen molar-refractivity contribution in [1.29, 1.82) is 0 Å². The second kappa shape index (κ2) is 57.0. The summed E-state index contributed by atoms with van der Waals surface area (Å²) < 4.78 is 30.3. The first-order chi connectivity index (χ1) is 37.4. The number of nitrogens with one attached hydrogen (secondary N) is 1. The number of likely N-dealkylation sites (N-methyl/N-ethyl adjacent to an activating group) is 1. The van der Waals surface area contributed by atoms with E-state index in [4.69, 9.17) is 13.8 Å². The first-order valence-corrected chi connectivity index (χ1v) is 34.1. The van der Waals surface area contributed by atoms with Gasteiger partial charge in [-0.2, -0.15) is 0 Å². The van der Waals surface area contributed by atoms with Gasteiger partial charge in [0.25, 0.3) is 7.82 Å². The van der Waals surface area contributed by atoms with Gasteiger partial charge >= 0.3 is 5.97 Å². The van der Waals surface area contributed by atoms with E-state index in [9.17, 15) is 19.0 Å². The number of amides is 1. The lowest BCUT2D eigenvalue weighted by atomic mass is 10.0. The van der Waals surface area contributed by atoms with Crippen molar-refractivity contribution in [1.82, 2.24) is 5.32 Å². The maximum absolute atomic E-state index is 13.5. The molecule has 0 aliphatic heterocycles. The number of carbonyl (C=O) groups is 2. The largest absolute Gasteiger partial charge is 0.756 e. The van der Waals surface area contributed by atoms with E-state index in [1.807, 2.05) is 33.3 Å². The maximum atomic E-state index is 13.5. The molecule has 10 heteroatoms. The second-order valence-corrected chi connectivity index (χ2v) is 24.7. The van der Waals surface area contributed by atoms with Gasteiger partial charge in [0.05, 0.1) is 33.8 Å². The van der Waals surface area contributed by atoms with Crippen LogP contribution in [0.1, 0.15) is 303 Å². The number of esters is 1. The highest BCUT2D eigenvalue weighted by atomic mass is 31.2. The minimum Gasteiger partial charge on any atom is -0.756 e. The second-order valence-electron chi connectivity index (χ2n) is 23.3. The van der Waals surface area contributed by atoms with E-state index in [-0.39, 0.29) is 24.9 Å². The van der Waals surface area contributed by atoms with Gasteiger partial charge in [-0.25, -0.2) is 0 Å². The van der Waals surface area contributed by atoms with Crippen LogP contribution in [0.3, 0.4) is 0 Å². The van der Waals surface area contributed by atoms with Crippen molar-refractivity contribution < 1.29 is 37.3 Å². The third-order valence-corrected chi connectivity index (χ3v) is 15.4. The molecule has 0 saturated heterocycles. The highest BCUT2D eigenvalue weighted by Gasteiger charge is 2.27. The normalized spacial score (nSPS) is 14.0. The SMILES string of the molecule is CCCCC/C=C\C/C=C\C/C=C\CCCCCCC(=O)NC(COP(=O)([O-])OCC[N+](C)(C)C)C(/C=C\CCCCCCCCCCC)OC(=O)CCCCCCCCCCCCCCC/C=C/CCCCCCCC. The molecule has 0 fully saturated rings. The Labute approximate surface area is 477 Å². The lowest BCUT2D eigenvalue weighted by Gasteiger charge is -2.30. The van der Waals surface area contributed by atoms with Crippen LogP contribution in [0.25, 0.3) is 0 Å². The number of allylic oxidation sites excluding steroid dienone is 9. The van der Waals surface area contributed by atoms with Gasteiger partial charge < -0.3 is 28.5 Å². The highest BCUT2D eigenvalue weighted by Crippen LogP contribution is 2.38. The van der Waals surface area contributed by atoms with Gasteiger partial charge in [0.15, 0.2) is 0 Å². The van der Waals surface area contributed by atoms with Gasteiger partial charge in [-0.05, 0) is 96.0 Å². The first kappa shape index (κ1) is 74.7. The fourth-order valence-corrected chi connectivity index (χ4v) is 10.1.